The first-order chi connectivity index (χ1) is 25.1. The lowest BCUT2D eigenvalue weighted by Crippen LogP contribution is -2.11. The molecule has 4 nitrogen and oxygen atoms in total. The van der Waals surface area contributed by atoms with Crippen molar-refractivity contribution in [1.82, 2.24) is 19.9 Å². The molecule has 0 aliphatic carbocycles. The van der Waals surface area contributed by atoms with Crippen molar-refractivity contribution < 1.29 is 39.5 Å². The average molecular weight is 732 g/mol. The van der Waals surface area contributed by atoms with Gasteiger partial charge in [0.1, 0.15) is 51.9 Å². The van der Waals surface area contributed by atoms with Gasteiger partial charge in [0.05, 0.1) is 69.0 Å². The summed E-state index contributed by atoms with van der Waals surface area (Å²) in [5, 5.41) is 0. The molecular weight excluding hydrogens is 707 g/mol. The van der Waals surface area contributed by atoms with Crippen molar-refractivity contribution in [3.8, 4) is 11.4 Å². The average Bonchev–Trinajstić information content (AvgIpc) is 3.94. The van der Waals surface area contributed by atoms with Crippen LogP contribution in [0.5, 0.6) is 0 Å². The van der Waals surface area contributed by atoms with Gasteiger partial charge in [-0.25, -0.2) is 0 Å². The Morgan fingerprint density at radius 3 is 0.755 bits per heavy atom. The molecule has 13 heteroatoms. The van der Waals surface area contributed by atoms with E-state index in [1.165, 1.54) is 36.4 Å². The maximum Gasteiger partial charge on any atom is 0.417 e. The molecule has 264 valence electrons. The molecule has 3 aromatic carbocycles. The number of aromatic nitrogens is 4. The molecule has 1 aliphatic rings. The van der Waals surface area contributed by atoms with Crippen LogP contribution < -0.4 is 0 Å². The Bertz CT molecular complexity index is 2230. The normalized spacial score (nSPS) is 13.6. The number of aromatic amines is 4. The second-order valence-electron chi connectivity index (χ2n) is 12.5. The molecule has 8 rings (SSSR count). The van der Waals surface area contributed by atoms with E-state index in [1.54, 1.807) is 48.5 Å². The summed E-state index contributed by atoms with van der Waals surface area (Å²) in [5.41, 5.74) is 3.09. The third kappa shape index (κ3) is 6.32. The van der Waals surface area contributed by atoms with Crippen LogP contribution in [0.15, 0.2) is 121 Å². The van der Waals surface area contributed by atoms with Crippen LogP contribution in [-0.2, 0) is 18.5 Å². The van der Waals surface area contributed by atoms with E-state index in [-0.39, 0.29) is 0 Å². The molecule has 0 saturated heterocycles. The Kier molecular flexibility index (Phi) is 7.79. The number of benzene rings is 3. The molecule has 4 aromatic heterocycles. The lowest BCUT2D eigenvalue weighted by Gasteiger charge is -2.13. The largest absolute Gasteiger partial charge is 0.417 e. The Morgan fingerprint density at radius 1 is 0.283 bits per heavy atom. The van der Waals surface area contributed by atoms with E-state index in [4.69, 9.17) is 0 Å². The van der Waals surface area contributed by atoms with E-state index in [2.05, 4.69) is 19.9 Å². The highest BCUT2D eigenvalue weighted by Gasteiger charge is 2.38. The second-order valence-corrected chi connectivity index (χ2v) is 12.5. The quantitative estimate of drug-likeness (QED) is 0.103. The van der Waals surface area contributed by atoms with Crippen molar-refractivity contribution in [3.63, 3.8) is 0 Å². The number of H-pyrrole nitrogens is 4. The van der Waals surface area contributed by atoms with Gasteiger partial charge in [-0.3, -0.25) is 0 Å². The zero-order valence-electron chi connectivity index (χ0n) is 26.9. The molecule has 0 atom stereocenters. The zero-order valence-corrected chi connectivity index (χ0v) is 26.9. The number of hydrogen-bond acceptors (Lipinski definition) is 0. The zero-order chi connectivity index (χ0) is 37.3. The molecule has 8 bridgehead atoms. The molecule has 0 fully saturated rings. The molecule has 0 unspecified atom stereocenters. The van der Waals surface area contributed by atoms with Gasteiger partial charge in [-0.05, 0) is 48.5 Å². The van der Waals surface area contributed by atoms with Gasteiger partial charge in [0.25, 0.3) is 0 Å². The van der Waals surface area contributed by atoms with Crippen LogP contribution in [0.1, 0.15) is 67.5 Å². The van der Waals surface area contributed by atoms with E-state index >= 15 is 0 Å². The summed E-state index contributed by atoms with van der Waals surface area (Å²) in [6.07, 6.45) is -13.7. The van der Waals surface area contributed by atoms with Crippen molar-refractivity contribution >= 4 is 0 Å². The van der Waals surface area contributed by atoms with Crippen LogP contribution in [0.25, 0.3) is 11.4 Å². The number of hydrogen-bond donors (Lipinski definition) is 4. The van der Waals surface area contributed by atoms with Gasteiger partial charge in [0.2, 0.25) is 0 Å². The molecule has 4 N–H and O–H groups in total. The molecule has 7 aromatic rings. The number of halogens is 9. The molecule has 0 amide bonds. The van der Waals surface area contributed by atoms with Crippen molar-refractivity contribution in [3.05, 3.63) is 207 Å². The van der Waals surface area contributed by atoms with Gasteiger partial charge >= 0.3 is 18.5 Å². The standard InChI is InChI=1S/C40H24F9N4/c41-38(42,43)24-7-1-21(2-8-24)35-29-15-13-27(50-29)28-14-16-30(51-28)36(22-3-9-25(10-4-22)39(44,45)46)32-18-20-34(53-32)37(33-19-17-31(35)52-33)23-5-11-26(12-6-23)40(47,48)49/h1-20,50-53H/q+3. The molecule has 0 radical (unpaired) electrons. The Hall–Kier alpha value is -6.24. The first-order valence-corrected chi connectivity index (χ1v) is 16.1. The van der Waals surface area contributed by atoms with Gasteiger partial charge in [0, 0.05) is 48.5 Å². The van der Waals surface area contributed by atoms with Crippen LogP contribution in [-0.4, -0.2) is 19.9 Å². The first-order valence-electron chi connectivity index (χ1n) is 16.1. The number of rotatable bonds is 3. The minimum atomic E-state index is -4.58. The molecule has 53 heavy (non-hydrogen) atoms. The Labute approximate surface area is 295 Å². The highest BCUT2D eigenvalue weighted by Crippen LogP contribution is 2.41. The SMILES string of the molecule is FC(F)(F)c1ccc([C+]2c3ccc([nH]3)-c3ccc([nH]3)[C+](c3ccc(C(F)(F)F)cc3)c3ccc([nH]3)[C+](c3ccc(C(F)(F)F)cc3)c3ccc2[nH]3)cc1. The summed E-state index contributed by atoms with van der Waals surface area (Å²) in [6, 6.07) is 28.0. The third-order valence-electron chi connectivity index (χ3n) is 9.15. The van der Waals surface area contributed by atoms with Gasteiger partial charge in [0.15, 0.2) is 0 Å². The fraction of sp³-hybridized carbons (Fsp3) is 0.0750. The van der Waals surface area contributed by atoms with Crippen molar-refractivity contribution in [2.45, 2.75) is 18.5 Å². The highest BCUT2D eigenvalue weighted by atomic mass is 19.4. The summed E-state index contributed by atoms with van der Waals surface area (Å²) < 4.78 is 122. The molecule has 5 heterocycles. The van der Waals surface area contributed by atoms with Gasteiger partial charge in [-0.1, -0.05) is 0 Å². The lowest BCUT2D eigenvalue weighted by atomic mass is 9.91. The molecule has 0 saturated carbocycles. The minimum Gasteiger partial charge on any atom is -0.340 e. The Morgan fingerprint density at radius 2 is 0.509 bits per heavy atom. The smallest absolute Gasteiger partial charge is 0.340 e. The van der Waals surface area contributed by atoms with E-state index in [9.17, 15) is 39.5 Å². The number of fused-ring (bicyclic) bond motifs is 9. The topological polar surface area (TPSA) is 63.2 Å². The third-order valence-corrected chi connectivity index (χ3v) is 9.15. The summed E-state index contributed by atoms with van der Waals surface area (Å²) >= 11 is 0. The molecule has 1 aliphatic heterocycles. The second kappa shape index (κ2) is 12.2. The van der Waals surface area contributed by atoms with E-state index in [1.807, 2.05) is 0 Å². The van der Waals surface area contributed by atoms with Crippen molar-refractivity contribution in [1.29, 1.82) is 0 Å². The van der Waals surface area contributed by atoms with E-state index < -0.39 is 35.2 Å². The predicted octanol–water partition coefficient (Wildman–Crippen LogP) is 11.1. The van der Waals surface area contributed by atoms with Gasteiger partial charge in [-0.15, -0.1) is 0 Å². The monoisotopic (exact) mass is 731 g/mol. The highest BCUT2D eigenvalue weighted by molar-refractivity contribution is 5.66. The minimum absolute atomic E-state index is 0.403. The maximum absolute atomic E-state index is 13.6. The fourth-order valence-corrected chi connectivity index (χ4v) is 6.62. The predicted molar refractivity (Wildman–Crippen MR) is 178 cm³/mol. The van der Waals surface area contributed by atoms with Crippen molar-refractivity contribution in [2.75, 3.05) is 0 Å². The van der Waals surface area contributed by atoms with Crippen LogP contribution >= 0.6 is 0 Å². The lowest BCUT2D eigenvalue weighted by molar-refractivity contribution is -0.138. The summed E-state index contributed by atoms with van der Waals surface area (Å²) in [5.74, 6) is 1.51. The molecule has 0 spiro atoms. The fourth-order valence-electron chi connectivity index (χ4n) is 6.62. The van der Waals surface area contributed by atoms with Crippen LogP contribution in [0.3, 0.4) is 0 Å². The van der Waals surface area contributed by atoms with Crippen LogP contribution in [0.2, 0.25) is 0 Å². The van der Waals surface area contributed by atoms with Crippen LogP contribution in [0, 0.1) is 17.8 Å². The summed E-state index contributed by atoms with van der Waals surface area (Å²) in [7, 11) is 0. The summed E-state index contributed by atoms with van der Waals surface area (Å²) in [4.78, 5) is 13.4. The van der Waals surface area contributed by atoms with Crippen LogP contribution in [0.4, 0.5) is 39.5 Å². The molecular formula is C40H24F9N4+3. The van der Waals surface area contributed by atoms with Gasteiger partial charge in [-0.2, -0.15) is 39.5 Å². The Balaban J connectivity index is 1.32. The maximum atomic E-state index is 13.6. The number of alkyl halides is 9. The van der Waals surface area contributed by atoms with Crippen molar-refractivity contribution in [2.24, 2.45) is 0 Å². The number of nitrogens with one attached hydrogen (secondary N) is 4. The summed E-state index contributed by atoms with van der Waals surface area (Å²) in [6.45, 7) is 0. The van der Waals surface area contributed by atoms with Gasteiger partial charge < -0.3 is 19.9 Å². The van der Waals surface area contributed by atoms with E-state index in [0.717, 1.165) is 36.4 Å². The van der Waals surface area contributed by atoms with E-state index in [0.29, 0.717) is 80.0 Å². The first kappa shape index (κ1) is 33.9.